The average molecular weight is 146 g/mol. The third-order valence-electron chi connectivity index (χ3n) is 0.819. The van der Waals surface area contributed by atoms with E-state index in [1.54, 1.807) is 18.6 Å². The molecule has 1 aromatic heterocycles. The van der Waals surface area contributed by atoms with Crippen LogP contribution in [-0.4, -0.2) is 17.0 Å². The molecule has 4 heteroatoms. The molecular weight excluding hydrogens is 138 g/mol. The highest BCUT2D eigenvalue weighted by molar-refractivity contribution is 5.85. The molecule has 0 atom stereocenters. The van der Waals surface area contributed by atoms with E-state index in [0.717, 1.165) is 5.82 Å². The van der Waals surface area contributed by atoms with E-state index in [2.05, 4.69) is 15.3 Å². The lowest BCUT2D eigenvalue weighted by Crippen LogP contribution is -1.90. The molecule has 3 nitrogen and oxygen atoms in total. The molecule has 0 saturated carbocycles. The van der Waals surface area contributed by atoms with Crippen LogP contribution in [0.3, 0.4) is 0 Å². The first-order valence-electron chi connectivity index (χ1n) is 2.37. The summed E-state index contributed by atoms with van der Waals surface area (Å²) in [5, 5.41) is 2.85. The summed E-state index contributed by atoms with van der Waals surface area (Å²) in [7, 11) is 1.81. The second-order valence-electron chi connectivity index (χ2n) is 1.34. The fraction of sp³-hybridized carbons (Fsp3) is 0.200. The lowest BCUT2D eigenvalue weighted by atomic mass is 10.7. The van der Waals surface area contributed by atoms with Crippen LogP contribution in [0.5, 0.6) is 0 Å². The Bertz CT molecular complexity index is 154. The van der Waals surface area contributed by atoms with Gasteiger partial charge in [-0.05, 0) is 0 Å². The molecule has 0 bridgehead atoms. The highest BCUT2D eigenvalue weighted by Crippen LogP contribution is 1.91. The number of halogens is 1. The zero-order valence-electron chi connectivity index (χ0n) is 5.03. The van der Waals surface area contributed by atoms with Crippen molar-refractivity contribution < 1.29 is 0 Å². The van der Waals surface area contributed by atoms with Crippen molar-refractivity contribution in [1.29, 1.82) is 0 Å². The Kier molecular flexibility index (Phi) is 3.71. The van der Waals surface area contributed by atoms with Crippen LogP contribution in [0.2, 0.25) is 0 Å². The second kappa shape index (κ2) is 4.09. The van der Waals surface area contributed by atoms with Crippen LogP contribution in [0.1, 0.15) is 0 Å². The standard InChI is InChI=1S/C5H7N3.ClH/c1-6-5-4-7-2-3-8-5;/h2-4H,1H3,(H,6,8);1H. The number of hydrogen-bond acceptors (Lipinski definition) is 3. The second-order valence-corrected chi connectivity index (χ2v) is 1.34. The van der Waals surface area contributed by atoms with Gasteiger partial charge in [-0.3, -0.25) is 4.98 Å². The first-order valence-corrected chi connectivity index (χ1v) is 2.37. The van der Waals surface area contributed by atoms with Crippen LogP contribution in [-0.2, 0) is 0 Å². The van der Waals surface area contributed by atoms with Crippen molar-refractivity contribution in [2.24, 2.45) is 0 Å². The molecular formula is C5H8ClN3. The van der Waals surface area contributed by atoms with Gasteiger partial charge < -0.3 is 5.32 Å². The van der Waals surface area contributed by atoms with Crippen LogP contribution in [0.25, 0.3) is 0 Å². The molecule has 0 spiro atoms. The molecule has 0 unspecified atom stereocenters. The van der Waals surface area contributed by atoms with E-state index in [0.29, 0.717) is 0 Å². The van der Waals surface area contributed by atoms with Gasteiger partial charge in [0.15, 0.2) is 0 Å². The van der Waals surface area contributed by atoms with Crippen LogP contribution >= 0.6 is 12.4 Å². The molecule has 0 aliphatic rings. The molecule has 0 radical (unpaired) electrons. The largest absolute Gasteiger partial charge is 0.372 e. The average Bonchev–Trinajstić information content (AvgIpc) is 1.90. The van der Waals surface area contributed by atoms with Gasteiger partial charge in [-0.1, -0.05) is 0 Å². The highest BCUT2D eigenvalue weighted by Gasteiger charge is 1.80. The third kappa shape index (κ3) is 2.28. The summed E-state index contributed by atoms with van der Waals surface area (Å²) < 4.78 is 0. The van der Waals surface area contributed by atoms with Gasteiger partial charge in [-0.15, -0.1) is 12.4 Å². The van der Waals surface area contributed by atoms with Gasteiger partial charge in [0.25, 0.3) is 0 Å². The maximum absolute atomic E-state index is 3.92. The normalized spacial score (nSPS) is 7.67. The van der Waals surface area contributed by atoms with Crippen molar-refractivity contribution in [2.45, 2.75) is 0 Å². The van der Waals surface area contributed by atoms with E-state index in [9.17, 15) is 0 Å². The fourth-order valence-corrected chi connectivity index (χ4v) is 0.428. The van der Waals surface area contributed by atoms with Crippen LogP contribution in [0.4, 0.5) is 5.82 Å². The molecule has 0 aliphatic heterocycles. The summed E-state index contributed by atoms with van der Waals surface area (Å²) >= 11 is 0. The minimum atomic E-state index is 0. The topological polar surface area (TPSA) is 37.8 Å². The van der Waals surface area contributed by atoms with Crippen LogP contribution < -0.4 is 5.32 Å². The zero-order valence-corrected chi connectivity index (χ0v) is 5.85. The molecule has 0 saturated heterocycles. The minimum Gasteiger partial charge on any atom is -0.372 e. The number of rotatable bonds is 1. The van der Waals surface area contributed by atoms with E-state index < -0.39 is 0 Å². The van der Waals surface area contributed by atoms with Gasteiger partial charge in [0.05, 0.1) is 6.20 Å². The molecule has 9 heavy (non-hydrogen) atoms. The SMILES string of the molecule is CNc1cnccn1.Cl. The Labute approximate surface area is 59.9 Å². The molecule has 1 aromatic rings. The summed E-state index contributed by atoms with van der Waals surface area (Å²) in [6.45, 7) is 0. The molecule has 0 fully saturated rings. The van der Waals surface area contributed by atoms with Crippen molar-refractivity contribution in [1.82, 2.24) is 9.97 Å². The maximum atomic E-state index is 3.92. The van der Waals surface area contributed by atoms with Gasteiger partial charge in [-0.25, -0.2) is 4.98 Å². The van der Waals surface area contributed by atoms with Gasteiger partial charge in [-0.2, -0.15) is 0 Å². The van der Waals surface area contributed by atoms with Crippen LogP contribution in [0, 0.1) is 0 Å². The Morgan fingerprint density at radius 1 is 1.44 bits per heavy atom. The van der Waals surface area contributed by atoms with E-state index >= 15 is 0 Å². The molecule has 1 rings (SSSR count). The smallest absolute Gasteiger partial charge is 0.144 e. The molecule has 1 heterocycles. The predicted octanol–water partition coefficient (Wildman–Crippen LogP) is 0.940. The van der Waals surface area contributed by atoms with Crippen molar-refractivity contribution in [3.63, 3.8) is 0 Å². The van der Waals surface area contributed by atoms with Gasteiger partial charge in [0, 0.05) is 19.4 Å². The van der Waals surface area contributed by atoms with E-state index in [4.69, 9.17) is 0 Å². The zero-order chi connectivity index (χ0) is 5.82. The van der Waals surface area contributed by atoms with Crippen molar-refractivity contribution in [3.05, 3.63) is 18.6 Å². The lowest BCUT2D eigenvalue weighted by Gasteiger charge is -1.92. The van der Waals surface area contributed by atoms with Gasteiger partial charge >= 0.3 is 0 Å². The molecule has 1 N–H and O–H groups in total. The molecule has 0 amide bonds. The summed E-state index contributed by atoms with van der Waals surface area (Å²) in [5.74, 6) is 0.799. The van der Waals surface area contributed by atoms with Crippen LogP contribution in [0.15, 0.2) is 18.6 Å². The first-order chi connectivity index (χ1) is 3.93. The fourth-order valence-electron chi connectivity index (χ4n) is 0.428. The summed E-state index contributed by atoms with van der Waals surface area (Å²) in [4.78, 5) is 7.75. The van der Waals surface area contributed by atoms with Gasteiger partial charge in [0.1, 0.15) is 5.82 Å². The monoisotopic (exact) mass is 145 g/mol. The van der Waals surface area contributed by atoms with Crippen molar-refractivity contribution in [2.75, 3.05) is 12.4 Å². The quantitative estimate of drug-likeness (QED) is 0.639. The summed E-state index contributed by atoms with van der Waals surface area (Å²) in [5.41, 5.74) is 0. The number of nitrogens with zero attached hydrogens (tertiary/aromatic N) is 2. The van der Waals surface area contributed by atoms with E-state index in [1.807, 2.05) is 7.05 Å². The summed E-state index contributed by atoms with van der Waals surface area (Å²) in [6, 6.07) is 0. The maximum Gasteiger partial charge on any atom is 0.144 e. The Morgan fingerprint density at radius 2 is 2.22 bits per heavy atom. The number of nitrogens with one attached hydrogen (secondary N) is 1. The van der Waals surface area contributed by atoms with Crippen molar-refractivity contribution >= 4 is 18.2 Å². The Balaban J connectivity index is 0.000000640. The number of aromatic nitrogens is 2. The third-order valence-corrected chi connectivity index (χ3v) is 0.819. The highest BCUT2D eigenvalue weighted by atomic mass is 35.5. The van der Waals surface area contributed by atoms with Gasteiger partial charge in [0.2, 0.25) is 0 Å². The molecule has 0 aromatic carbocycles. The Hall–Kier alpha value is -0.830. The van der Waals surface area contributed by atoms with E-state index in [1.165, 1.54) is 0 Å². The summed E-state index contributed by atoms with van der Waals surface area (Å²) in [6.07, 6.45) is 4.95. The minimum absolute atomic E-state index is 0. The molecule has 50 valence electrons. The van der Waals surface area contributed by atoms with E-state index in [-0.39, 0.29) is 12.4 Å². The number of anilines is 1. The molecule has 0 aliphatic carbocycles. The lowest BCUT2D eigenvalue weighted by molar-refractivity contribution is 1.19. The van der Waals surface area contributed by atoms with Crippen molar-refractivity contribution in [3.8, 4) is 0 Å². The Morgan fingerprint density at radius 3 is 2.56 bits per heavy atom. The number of hydrogen-bond donors (Lipinski definition) is 1. The first kappa shape index (κ1) is 8.17. The predicted molar refractivity (Wildman–Crippen MR) is 38.8 cm³/mol.